The number of aliphatic imine (C=N–C) groups is 1. The molecule has 0 rings (SSSR count). The number of hydrogen-bond donors (Lipinski definition) is 9. The number of aliphatic carboxylic acids is 1. The molecule has 17 nitrogen and oxygen atoms in total. The van der Waals surface area contributed by atoms with Crippen LogP contribution in [-0.4, -0.2) is 89.7 Å². The summed E-state index contributed by atoms with van der Waals surface area (Å²) in [4.78, 5) is 92.5. The lowest BCUT2D eigenvalue weighted by atomic mass is 9.96. The predicted molar refractivity (Wildman–Crippen MR) is 184 cm³/mol. The third-order valence-electron chi connectivity index (χ3n) is 7.69. The van der Waals surface area contributed by atoms with Gasteiger partial charge >= 0.3 is 5.97 Å². The number of rotatable bonds is 26. The quantitative estimate of drug-likeness (QED) is 0.0317. The fraction of sp³-hybridized carbons (Fsp3) is 0.750. The Morgan fingerprint density at radius 2 is 1.33 bits per heavy atom. The van der Waals surface area contributed by atoms with Gasteiger partial charge in [-0.1, -0.05) is 66.7 Å². The average molecular weight is 698 g/mol. The predicted octanol–water partition coefficient (Wildman–Crippen LogP) is -0.492. The molecule has 0 aliphatic carbocycles. The number of nitrogens with two attached hydrogens (primary N) is 3. The van der Waals surface area contributed by atoms with Gasteiger partial charge in [0.25, 0.3) is 0 Å². The molecule has 0 saturated heterocycles. The van der Waals surface area contributed by atoms with Gasteiger partial charge in [0.15, 0.2) is 5.96 Å². The van der Waals surface area contributed by atoms with Crippen molar-refractivity contribution in [1.82, 2.24) is 26.6 Å². The highest BCUT2D eigenvalue weighted by molar-refractivity contribution is 5.96. The molecule has 0 aromatic heterocycles. The molecule has 0 aromatic rings. The molecule has 6 amide bonds. The van der Waals surface area contributed by atoms with Crippen molar-refractivity contribution in [3.8, 4) is 0 Å². The van der Waals surface area contributed by atoms with Gasteiger partial charge in [0.1, 0.15) is 24.2 Å². The monoisotopic (exact) mass is 697 g/mol. The Morgan fingerprint density at radius 3 is 1.88 bits per heavy atom. The van der Waals surface area contributed by atoms with Gasteiger partial charge in [-0.2, -0.15) is 0 Å². The van der Waals surface area contributed by atoms with Crippen LogP contribution in [0, 0.1) is 11.8 Å². The third kappa shape index (κ3) is 20.5. The number of amides is 6. The van der Waals surface area contributed by atoms with E-state index in [0.717, 1.165) is 25.7 Å². The molecule has 0 spiro atoms. The Morgan fingerprint density at radius 1 is 0.714 bits per heavy atom. The number of carboxylic acid groups (broad SMARTS) is 1. The molecular formula is C32H59N9O8. The minimum atomic E-state index is -1.42. The standard InChI is InChI=1S/C32H59N9O8/c1-6-8-9-10-11-14-25(43)38-23(17-26(44)45)30(48)41-27(20(5)7-2)31(49)40-22(16-19(3)4)29(47)39-21(13-12-15-36-32(34)35)28(46)37-18-24(33)42/h19-23,27H,6-18H2,1-5H3,(H2,33,42)(H,37,46)(H,38,43)(H,39,47)(H,40,49)(H,41,48)(H,44,45)(H4,34,35,36)/t20-,21-,22-,23-,27-/m0/s1. The van der Waals surface area contributed by atoms with Crippen LogP contribution < -0.4 is 43.8 Å². The van der Waals surface area contributed by atoms with Gasteiger partial charge in [-0.15, -0.1) is 0 Å². The number of carboxylic acids is 1. The lowest BCUT2D eigenvalue weighted by Crippen LogP contribution is -2.60. The Hall–Kier alpha value is -4.44. The third-order valence-corrected chi connectivity index (χ3v) is 7.69. The second kappa shape index (κ2) is 24.7. The number of unbranched alkanes of at least 4 members (excludes halogenated alkanes) is 4. The summed E-state index contributed by atoms with van der Waals surface area (Å²) in [5.41, 5.74) is 15.8. The van der Waals surface area contributed by atoms with E-state index in [1.807, 2.05) is 13.8 Å². The second-order valence-electron chi connectivity index (χ2n) is 12.6. The summed E-state index contributed by atoms with van der Waals surface area (Å²) in [7, 11) is 0. The maximum absolute atomic E-state index is 13.7. The van der Waals surface area contributed by atoms with E-state index in [2.05, 4.69) is 38.5 Å². The Balaban J connectivity index is 5.94. The minimum absolute atomic E-state index is 0.0890. The van der Waals surface area contributed by atoms with E-state index in [1.54, 1.807) is 13.8 Å². The van der Waals surface area contributed by atoms with Crippen LogP contribution in [0.1, 0.15) is 105 Å². The summed E-state index contributed by atoms with van der Waals surface area (Å²) in [5, 5.41) is 22.2. The van der Waals surface area contributed by atoms with Crippen molar-refractivity contribution in [3.63, 3.8) is 0 Å². The molecule has 0 aliphatic heterocycles. The molecular weight excluding hydrogens is 638 g/mol. The van der Waals surface area contributed by atoms with Crippen LogP contribution in [0.5, 0.6) is 0 Å². The van der Waals surface area contributed by atoms with Gasteiger partial charge in [0, 0.05) is 13.0 Å². The number of primary amides is 1. The highest BCUT2D eigenvalue weighted by Crippen LogP contribution is 2.13. The van der Waals surface area contributed by atoms with Crippen molar-refractivity contribution in [1.29, 1.82) is 0 Å². The maximum atomic E-state index is 13.7. The molecule has 280 valence electrons. The number of guanidine groups is 1. The fourth-order valence-electron chi connectivity index (χ4n) is 4.80. The first-order chi connectivity index (χ1) is 23.0. The van der Waals surface area contributed by atoms with Crippen molar-refractivity contribution >= 4 is 47.4 Å². The normalized spacial score (nSPS) is 13.9. The first-order valence-electron chi connectivity index (χ1n) is 17.1. The van der Waals surface area contributed by atoms with Gasteiger partial charge in [0.05, 0.1) is 13.0 Å². The van der Waals surface area contributed by atoms with E-state index in [4.69, 9.17) is 17.2 Å². The van der Waals surface area contributed by atoms with E-state index >= 15 is 0 Å². The number of nitrogens with one attached hydrogen (secondary N) is 5. The first-order valence-corrected chi connectivity index (χ1v) is 17.1. The van der Waals surface area contributed by atoms with E-state index in [0.29, 0.717) is 19.3 Å². The molecule has 0 aromatic carbocycles. The van der Waals surface area contributed by atoms with Crippen LogP contribution in [0.4, 0.5) is 0 Å². The van der Waals surface area contributed by atoms with Crippen molar-refractivity contribution in [2.75, 3.05) is 13.1 Å². The zero-order chi connectivity index (χ0) is 37.5. The smallest absolute Gasteiger partial charge is 0.305 e. The summed E-state index contributed by atoms with van der Waals surface area (Å²) in [6, 6.07) is -4.86. The van der Waals surface area contributed by atoms with Crippen LogP contribution in [0.25, 0.3) is 0 Å². The summed E-state index contributed by atoms with van der Waals surface area (Å²) < 4.78 is 0. The molecule has 0 fully saturated rings. The number of carbonyl (C=O) groups is 7. The highest BCUT2D eigenvalue weighted by Gasteiger charge is 2.34. The van der Waals surface area contributed by atoms with Crippen LogP contribution in [0.3, 0.4) is 0 Å². The van der Waals surface area contributed by atoms with Gasteiger partial charge in [-0.05, 0) is 37.5 Å². The zero-order valence-corrected chi connectivity index (χ0v) is 29.6. The SMILES string of the molecule is CCCCCCCC(=O)N[C@@H](CC(=O)O)C(=O)N[C@H](C(=O)N[C@@H](CC(C)C)C(=O)N[C@@H](CCCN=C(N)N)C(=O)NCC(N)=O)[C@@H](C)CC. The number of carbonyl (C=O) groups excluding carboxylic acids is 6. The molecule has 0 radical (unpaired) electrons. The molecule has 12 N–H and O–H groups in total. The van der Waals surface area contributed by atoms with Gasteiger partial charge in [0.2, 0.25) is 35.4 Å². The molecule has 0 heterocycles. The highest BCUT2D eigenvalue weighted by atomic mass is 16.4. The molecule has 0 saturated carbocycles. The maximum Gasteiger partial charge on any atom is 0.305 e. The van der Waals surface area contributed by atoms with E-state index in [9.17, 15) is 38.7 Å². The average Bonchev–Trinajstić information content (AvgIpc) is 3.01. The van der Waals surface area contributed by atoms with Crippen LogP contribution >= 0.6 is 0 Å². The fourth-order valence-corrected chi connectivity index (χ4v) is 4.80. The Bertz CT molecular complexity index is 1130. The zero-order valence-electron chi connectivity index (χ0n) is 29.6. The van der Waals surface area contributed by atoms with Crippen molar-refractivity contribution in [2.24, 2.45) is 34.0 Å². The first kappa shape index (κ1) is 44.6. The Labute approximate surface area is 289 Å². The van der Waals surface area contributed by atoms with E-state index in [1.165, 1.54) is 0 Å². The summed E-state index contributed by atoms with van der Waals surface area (Å²) >= 11 is 0. The van der Waals surface area contributed by atoms with Crippen LogP contribution in [0.2, 0.25) is 0 Å². The minimum Gasteiger partial charge on any atom is -0.481 e. The second-order valence-corrected chi connectivity index (χ2v) is 12.6. The summed E-state index contributed by atoms with van der Waals surface area (Å²) in [6.45, 7) is 8.94. The topological polar surface area (TPSA) is 290 Å². The van der Waals surface area contributed by atoms with Gasteiger partial charge < -0.3 is 48.9 Å². The number of nitrogens with zero attached hydrogens (tertiary/aromatic N) is 1. The molecule has 0 unspecified atom stereocenters. The Kier molecular flexibility index (Phi) is 22.4. The summed E-state index contributed by atoms with van der Waals surface area (Å²) in [5.74, 6) is -6.16. The molecule has 49 heavy (non-hydrogen) atoms. The molecule has 0 bridgehead atoms. The molecule has 0 aliphatic rings. The largest absolute Gasteiger partial charge is 0.481 e. The lowest BCUT2D eigenvalue weighted by Gasteiger charge is -2.29. The van der Waals surface area contributed by atoms with Crippen molar-refractivity contribution < 1.29 is 38.7 Å². The van der Waals surface area contributed by atoms with Crippen LogP contribution in [-0.2, 0) is 33.6 Å². The van der Waals surface area contributed by atoms with Crippen LogP contribution in [0.15, 0.2) is 4.99 Å². The number of hydrogen-bond acceptors (Lipinski definition) is 8. The van der Waals surface area contributed by atoms with Crippen molar-refractivity contribution in [2.45, 2.75) is 129 Å². The van der Waals surface area contributed by atoms with E-state index in [-0.39, 0.29) is 37.7 Å². The van der Waals surface area contributed by atoms with Gasteiger partial charge in [-0.25, -0.2) is 0 Å². The van der Waals surface area contributed by atoms with E-state index < -0.39 is 84.5 Å². The van der Waals surface area contributed by atoms with Crippen molar-refractivity contribution in [3.05, 3.63) is 0 Å². The molecule has 17 heteroatoms. The molecule has 5 atom stereocenters. The summed E-state index contributed by atoms with van der Waals surface area (Å²) in [6.07, 6.45) is 4.89. The lowest BCUT2D eigenvalue weighted by molar-refractivity contribution is -0.141. The van der Waals surface area contributed by atoms with Gasteiger partial charge in [-0.3, -0.25) is 38.6 Å².